The van der Waals surface area contributed by atoms with Crippen LogP contribution in [0.15, 0.2) is 73.4 Å². The van der Waals surface area contributed by atoms with E-state index in [1.165, 1.54) is 11.1 Å². The summed E-state index contributed by atoms with van der Waals surface area (Å²) in [5.41, 5.74) is 2.74. The molecule has 0 aliphatic rings. The van der Waals surface area contributed by atoms with Crippen LogP contribution in [0.3, 0.4) is 0 Å². The zero-order chi connectivity index (χ0) is 22.8. The van der Waals surface area contributed by atoms with E-state index < -0.39 is 23.9 Å². The van der Waals surface area contributed by atoms with Gasteiger partial charge in [0.25, 0.3) is 0 Å². The lowest BCUT2D eigenvalue weighted by atomic mass is 10.1. The average Bonchev–Trinajstić information content (AvgIpc) is 2.72. The second-order valence-corrected chi connectivity index (χ2v) is 5.30. The number of rotatable bonds is 7. The fourth-order valence-corrected chi connectivity index (χ4v) is 1.74. The van der Waals surface area contributed by atoms with Crippen molar-refractivity contribution in [3.63, 3.8) is 0 Å². The molecular weight excluding hydrogens is 396 g/mol. The summed E-state index contributed by atoms with van der Waals surface area (Å²) < 4.78 is 0. The third kappa shape index (κ3) is 17.1. The van der Waals surface area contributed by atoms with Crippen LogP contribution in [0.5, 0.6) is 0 Å². The molecule has 0 fully saturated rings. The normalized spacial score (nSPS) is 9.73. The van der Waals surface area contributed by atoms with Crippen molar-refractivity contribution in [2.24, 2.45) is 0 Å². The molecule has 2 rings (SSSR count). The highest BCUT2D eigenvalue weighted by Crippen LogP contribution is 2.03. The second kappa shape index (κ2) is 15.7. The van der Waals surface area contributed by atoms with Crippen LogP contribution >= 0.6 is 0 Å². The quantitative estimate of drug-likeness (QED) is 0.479. The van der Waals surface area contributed by atoms with Gasteiger partial charge in [-0.1, -0.05) is 0 Å². The maximum Gasteiger partial charge on any atom is 0.328 e. The number of hydrogen-bond donors (Lipinski definition) is 2. The minimum Gasteiger partial charge on any atom is -0.545 e. The minimum absolute atomic E-state index is 0.447. The van der Waals surface area contributed by atoms with Crippen molar-refractivity contribution in [2.45, 2.75) is 12.8 Å². The summed E-state index contributed by atoms with van der Waals surface area (Å²) in [7, 11) is 0. The van der Waals surface area contributed by atoms with Gasteiger partial charge >= 0.3 is 11.9 Å². The largest absolute Gasteiger partial charge is 0.545 e. The zero-order valence-electron chi connectivity index (χ0n) is 15.7. The molecule has 2 aromatic rings. The van der Waals surface area contributed by atoms with Crippen molar-refractivity contribution in [3.8, 4) is 0 Å². The summed E-state index contributed by atoms with van der Waals surface area (Å²) in [5, 5.41) is 34.5. The number of aromatic nitrogens is 2. The van der Waals surface area contributed by atoms with E-state index in [4.69, 9.17) is 10.2 Å². The number of carboxylic acid groups (broad SMARTS) is 4. The first kappa shape index (κ1) is 25.7. The van der Waals surface area contributed by atoms with Crippen molar-refractivity contribution in [2.75, 3.05) is 0 Å². The van der Waals surface area contributed by atoms with Gasteiger partial charge in [0.1, 0.15) is 0 Å². The fourth-order valence-electron chi connectivity index (χ4n) is 1.74. The van der Waals surface area contributed by atoms with Gasteiger partial charge in [0.05, 0.1) is 11.9 Å². The molecular formula is C20H20N2O8. The van der Waals surface area contributed by atoms with Gasteiger partial charge in [0, 0.05) is 36.4 Å². The monoisotopic (exact) mass is 416 g/mol. The first-order chi connectivity index (χ1) is 14.2. The lowest BCUT2D eigenvalue weighted by Crippen LogP contribution is -2.19. The molecule has 0 saturated carbocycles. The maximum atomic E-state index is 9.53. The third-order valence-electron chi connectivity index (χ3n) is 3.00. The third-order valence-corrected chi connectivity index (χ3v) is 3.00. The highest BCUT2D eigenvalue weighted by atomic mass is 16.4. The molecule has 0 bridgehead atoms. The molecule has 0 spiro atoms. The predicted molar refractivity (Wildman–Crippen MR) is 97.0 cm³/mol. The molecule has 0 unspecified atom stereocenters. The molecule has 0 aromatic carbocycles. The molecule has 0 aliphatic carbocycles. The van der Waals surface area contributed by atoms with E-state index in [0.29, 0.717) is 24.3 Å². The minimum atomic E-state index is -1.51. The van der Waals surface area contributed by atoms with Crippen LogP contribution in [0.25, 0.3) is 0 Å². The van der Waals surface area contributed by atoms with Crippen LogP contribution in [0.1, 0.15) is 11.1 Å². The van der Waals surface area contributed by atoms with Gasteiger partial charge in [0.15, 0.2) is 24.8 Å². The molecule has 4 N–H and O–H groups in total. The van der Waals surface area contributed by atoms with E-state index in [0.717, 1.165) is 12.8 Å². The number of aryl methyl sites for hydroxylation is 2. The Kier molecular flexibility index (Phi) is 13.4. The number of aliphatic carboxylic acids is 4. The number of carboxylic acids is 4. The Hall–Kier alpha value is -4.34. The number of carbonyl (C=O) groups is 4. The Morgan fingerprint density at radius 2 is 0.967 bits per heavy atom. The van der Waals surface area contributed by atoms with Gasteiger partial charge in [-0.3, -0.25) is 0 Å². The van der Waals surface area contributed by atoms with Gasteiger partial charge < -0.3 is 30.0 Å². The van der Waals surface area contributed by atoms with Crippen LogP contribution < -0.4 is 20.2 Å². The lowest BCUT2D eigenvalue weighted by Gasteiger charge is -1.97. The number of H-pyrrole nitrogens is 2. The SMILES string of the molecule is O=C([O-])/C=C\C(=O)O.O=C([O-])/C=C\C(=O)O.c1cc(CCc2cc[nH+]cc2)cc[nH+]1. The van der Waals surface area contributed by atoms with E-state index in [9.17, 15) is 29.4 Å². The summed E-state index contributed by atoms with van der Waals surface area (Å²) in [6.45, 7) is 0. The van der Waals surface area contributed by atoms with Gasteiger partial charge in [-0.15, -0.1) is 0 Å². The van der Waals surface area contributed by atoms with Crippen LogP contribution in [0.4, 0.5) is 0 Å². The molecule has 2 heterocycles. The van der Waals surface area contributed by atoms with Gasteiger partial charge in [0.2, 0.25) is 0 Å². The Labute approximate surface area is 171 Å². The zero-order valence-corrected chi connectivity index (χ0v) is 15.7. The smallest absolute Gasteiger partial charge is 0.328 e. The van der Waals surface area contributed by atoms with Crippen LogP contribution in [-0.4, -0.2) is 34.1 Å². The topological polar surface area (TPSA) is 183 Å². The van der Waals surface area contributed by atoms with Crippen molar-refractivity contribution >= 4 is 23.9 Å². The standard InChI is InChI=1S/C12H12N2.2C4H4O4/c1(11-3-7-13-8-4-11)2-12-5-9-14-10-6-12;2*5-3(6)1-2-4(7)8/h3-10H,1-2H2;2*1-2H,(H,5,6)(H,7,8)/b;2*2-1-. The summed E-state index contributed by atoms with van der Waals surface area (Å²) in [4.78, 5) is 44.0. The van der Waals surface area contributed by atoms with E-state index in [-0.39, 0.29) is 0 Å². The van der Waals surface area contributed by atoms with Gasteiger partial charge in [-0.25, -0.2) is 19.6 Å². The Bertz CT molecular complexity index is 759. The van der Waals surface area contributed by atoms with Crippen LogP contribution in [0.2, 0.25) is 0 Å². The van der Waals surface area contributed by atoms with Crippen molar-refractivity contribution in [1.29, 1.82) is 0 Å². The second-order valence-electron chi connectivity index (χ2n) is 5.30. The summed E-state index contributed by atoms with van der Waals surface area (Å²) in [5.74, 6) is -5.61. The Morgan fingerprint density at radius 3 is 1.17 bits per heavy atom. The number of hydrogen-bond acceptors (Lipinski definition) is 6. The highest BCUT2D eigenvalue weighted by Gasteiger charge is 1.96. The first-order valence-corrected chi connectivity index (χ1v) is 8.34. The van der Waals surface area contributed by atoms with E-state index in [2.05, 4.69) is 34.2 Å². The van der Waals surface area contributed by atoms with Crippen molar-refractivity contribution in [3.05, 3.63) is 84.5 Å². The highest BCUT2D eigenvalue weighted by molar-refractivity contribution is 5.89. The predicted octanol–water partition coefficient (Wildman–Crippen LogP) is -2.15. The van der Waals surface area contributed by atoms with E-state index in [1.807, 2.05) is 24.8 Å². The van der Waals surface area contributed by atoms with E-state index in [1.54, 1.807) is 0 Å². The summed E-state index contributed by atoms with van der Waals surface area (Å²) in [6.07, 6.45) is 11.9. The lowest BCUT2D eigenvalue weighted by molar-refractivity contribution is -0.378. The van der Waals surface area contributed by atoms with Gasteiger partial charge in [-0.05, 0) is 36.1 Å². The molecule has 2 aromatic heterocycles. The van der Waals surface area contributed by atoms with Crippen LogP contribution in [-0.2, 0) is 32.0 Å². The Balaban J connectivity index is 0.000000456. The molecule has 10 heteroatoms. The number of aromatic amines is 2. The van der Waals surface area contributed by atoms with Crippen molar-refractivity contribution < 1.29 is 49.6 Å². The summed E-state index contributed by atoms with van der Waals surface area (Å²) >= 11 is 0. The average molecular weight is 416 g/mol. The Morgan fingerprint density at radius 1 is 0.667 bits per heavy atom. The molecule has 0 radical (unpaired) electrons. The molecule has 158 valence electrons. The number of nitrogens with one attached hydrogen (secondary N) is 2. The molecule has 0 aliphatic heterocycles. The number of pyridine rings is 2. The summed E-state index contributed by atoms with van der Waals surface area (Å²) in [6, 6.07) is 8.48. The fraction of sp³-hybridized carbons (Fsp3) is 0.100. The molecule has 0 amide bonds. The van der Waals surface area contributed by atoms with Crippen LogP contribution in [0, 0.1) is 0 Å². The first-order valence-electron chi connectivity index (χ1n) is 8.34. The molecule has 0 saturated heterocycles. The molecule has 0 atom stereocenters. The maximum absolute atomic E-state index is 9.53. The van der Waals surface area contributed by atoms with Crippen molar-refractivity contribution in [1.82, 2.24) is 0 Å². The molecule has 10 nitrogen and oxygen atoms in total. The van der Waals surface area contributed by atoms with E-state index >= 15 is 0 Å². The number of carbonyl (C=O) groups excluding carboxylic acids is 2. The molecule has 30 heavy (non-hydrogen) atoms. The van der Waals surface area contributed by atoms with Gasteiger partial charge in [-0.2, -0.15) is 0 Å².